The summed E-state index contributed by atoms with van der Waals surface area (Å²) in [6, 6.07) is 12.8. The van der Waals surface area contributed by atoms with E-state index in [2.05, 4.69) is 38.1 Å². The number of rotatable bonds is 6. The number of benzene rings is 2. The molecule has 0 fully saturated rings. The largest absolute Gasteiger partial charge is 0.506 e. The average molecular weight is 418 g/mol. The smallest absolute Gasteiger partial charge is 0.254 e. The first-order valence-electron chi connectivity index (χ1n) is 9.77. The number of nitrogens with two attached hydrogens (primary N) is 1. The number of nitrogens with zero attached hydrogens (tertiary/aromatic N) is 2. The first-order chi connectivity index (χ1) is 14.9. The van der Waals surface area contributed by atoms with Crippen LogP contribution in [0.4, 0.5) is 23.1 Å². The minimum atomic E-state index is -0.639. The van der Waals surface area contributed by atoms with Crippen molar-refractivity contribution in [1.29, 1.82) is 0 Å². The summed E-state index contributed by atoms with van der Waals surface area (Å²) in [5.74, 6) is -0.432. The van der Waals surface area contributed by atoms with Crippen LogP contribution in [0, 0.1) is 0 Å². The normalized spacial score (nSPS) is 12.8. The van der Waals surface area contributed by atoms with Gasteiger partial charge in [-0.3, -0.25) is 9.59 Å². The molecule has 3 aromatic rings. The molecule has 0 radical (unpaired) electrons. The van der Waals surface area contributed by atoms with Crippen LogP contribution in [-0.2, 0) is 17.6 Å². The van der Waals surface area contributed by atoms with E-state index in [-0.39, 0.29) is 29.2 Å². The maximum atomic E-state index is 11.9. The van der Waals surface area contributed by atoms with Gasteiger partial charge in [0.25, 0.3) is 5.91 Å². The third kappa shape index (κ3) is 4.55. The number of aromatic nitrogens is 2. The Hall–Kier alpha value is -4.14. The topological polar surface area (TPSA) is 142 Å². The number of carbonyl (C=O) groups excluding carboxylic acids is 2. The lowest BCUT2D eigenvalue weighted by atomic mass is 10.1. The van der Waals surface area contributed by atoms with Crippen LogP contribution >= 0.6 is 0 Å². The highest BCUT2D eigenvalue weighted by molar-refractivity contribution is 5.97. The summed E-state index contributed by atoms with van der Waals surface area (Å²) >= 11 is 0. The molecule has 0 saturated carbocycles. The number of aromatic hydroxyl groups is 1. The number of amides is 2. The minimum absolute atomic E-state index is 0.0440. The second-order valence-corrected chi connectivity index (χ2v) is 7.38. The van der Waals surface area contributed by atoms with Crippen LogP contribution in [0.1, 0.15) is 28.4 Å². The van der Waals surface area contributed by atoms with Gasteiger partial charge in [-0.1, -0.05) is 24.3 Å². The lowest BCUT2D eigenvalue weighted by Gasteiger charge is -2.16. The third-order valence-electron chi connectivity index (χ3n) is 5.01. The Bertz CT molecular complexity index is 1140. The SMILES string of the molecule is CC(=O)Nc1ccc(O)c(Nc2ncc(C(N)=O)c(NC3Cc4ccccc4C3)n2)c1. The number of fused-ring (bicyclic) bond motifs is 1. The summed E-state index contributed by atoms with van der Waals surface area (Å²) in [4.78, 5) is 31.7. The van der Waals surface area contributed by atoms with Crippen molar-refractivity contribution in [1.82, 2.24) is 9.97 Å². The van der Waals surface area contributed by atoms with Crippen LogP contribution in [0.25, 0.3) is 0 Å². The summed E-state index contributed by atoms with van der Waals surface area (Å²) in [5, 5.41) is 19.0. The molecular formula is C22H22N6O3. The van der Waals surface area contributed by atoms with E-state index >= 15 is 0 Å². The molecule has 1 aliphatic rings. The van der Waals surface area contributed by atoms with Gasteiger partial charge in [0.05, 0.1) is 11.3 Å². The molecule has 0 spiro atoms. The van der Waals surface area contributed by atoms with E-state index < -0.39 is 5.91 Å². The van der Waals surface area contributed by atoms with E-state index in [0.717, 1.165) is 12.8 Å². The summed E-state index contributed by atoms with van der Waals surface area (Å²) in [7, 11) is 0. The molecule has 31 heavy (non-hydrogen) atoms. The lowest BCUT2D eigenvalue weighted by molar-refractivity contribution is -0.114. The second kappa shape index (κ2) is 8.31. The van der Waals surface area contributed by atoms with Crippen LogP contribution in [0.2, 0.25) is 0 Å². The van der Waals surface area contributed by atoms with Crippen LogP contribution < -0.4 is 21.7 Å². The molecule has 1 aliphatic carbocycles. The quantitative estimate of drug-likeness (QED) is 0.306. The first kappa shape index (κ1) is 20.1. The van der Waals surface area contributed by atoms with Crippen molar-refractivity contribution < 1.29 is 14.7 Å². The van der Waals surface area contributed by atoms with Gasteiger partial charge >= 0.3 is 0 Å². The van der Waals surface area contributed by atoms with Gasteiger partial charge in [0, 0.05) is 24.8 Å². The fraction of sp³-hybridized carbons (Fsp3) is 0.182. The predicted octanol–water partition coefficient (Wildman–Crippen LogP) is 2.56. The Balaban J connectivity index is 1.58. The van der Waals surface area contributed by atoms with E-state index in [1.54, 1.807) is 12.1 Å². The fourth-order valence-electron chi connectivity index (χ4n) is 3.62. The van der Waals surface area contributed by atoms with Crippen LogP contribution in [0.5, 0.6) is 5.75 Å². The number of hydrogen-bond acceptors (Lipinski definition) is 7. The van der Waals surface area contributed by atoms with Crippen molar-refractivity contribution in [2.75, 3.05) is 16.0 Å². The van der Waals surface area contributed by atoms with Crippen molar-refractivity contribution in [3.63, 3.8) is 0 Å². The minimum Gasteiger partial charge on any atom is -0.506 e. The van der Waals surface area contributed by atoms with Crippen molar-refractivity contribution in [2.45, 2.75) is 25.8 Å². The highest BCUT2D eigenvalue weighted by atomic mass is 16.3. The van der Waals surface area contributed by atoms with E-state index in [0.29, 0.717) is 17.2 Å². The fourth-order valence-corrected chi connectivity index (χ4v) is 3.62. The Labute approximate surface area is 178 Å². The molecule has 9 heteroatoms. The second-order valence-electron chi connectivity index (χ2n) is 7.38. The molecule has 1 aromatic heterocycles. The van der Waals surface area contributed by atoms with E-state index in [1.807, 2.05) is 12.1 Å². The third-order valence-corrected chi connectivity index (χ3v) is 5.01. The zero-order valence-corrected chi connectivity index (χ0v) is 16.8. The van der Waals surface area contributed by atoms with Gasteiger partial charge in [0.15, 0.2) is 0 Å². The Morgan fingerprint density at radius 1 is 1.13 bits per heavy atom. The van der Waals surface area contributed by atoms with Crippen LogP contribution in [0.3, 0.4) is 0 Å². The Morgan fingerprint density at radius 3 is 2.48 bits per heavy atom. The molecular weight excluding hydrogens is 396 g/mol. The average Bonchev–Trinajstić information content (AvgIpc) is 3.12. The number of anilines is 4. The van der Waals surface area contributed by atoms with Gasteiger partial charge in [-0.15, -0.1) is 0 Å². The van der Waals surface area contributed by atoms with E-state index in [4.69, 9.17) is 5.73 Å². The highest BCUT2D eigenvalue weighted by Gasteiger charge is 2.23. The molecule has 0 aliphatic heterocycles. The van der Waals surface area contributed by atoms with Crippen LogP contribution in [-0.4, -0.2) is 32.9 Å². The molecule has 0 saturated heterocycles. The van der Waals surface area contributed by atoms with E-state index in [9.17, 15) is 14.7 Å². The molecule has 0 unspecified atom stereocenters. The van der Waals surface area contributed by atoms with Crippen LogP contribution in [0.15, 0.2) is 48.7 Å². The number of phenolic OH excluding ortho intramolecular Hbond substituents is 1. The molecule has 4 rings (SSSR count). The molecule has 1 heterocycles. The number of primary amides is 1. The molecule has 158 valence electrons. The number of carbonyl (C=O) groups is 2. The molecule has 2 amide bonds. The van der Waals surface area contributed by atoms with Gasteiger partial charge in [-0.05, 0) is 42.2 Å². The van der Waals surface area contributed by atoms with Crippen molar-refractivity contribution in [3.05, 3.63) is 65.4 Å². The Morgan fingerprint density at radius 2 is 1.84 bits per heavy atom. The molecule has 0 bridgehead atoms. The first-order valence-corrected chi connectivity index (χ1v) is 9.77. The maximum Gasteiger partial charge on any atom is 0.254 e. The molecule has 2 aromatic carbocycles. The van der Waals surface area contributed by atoms with Crippen molar-refractivity contribution in [2.24, 2.45) is 5.73 Å². The Kier molecular flexibility index (Phi) is 5.40. The summed E-state index contributed by atoms with van der Waals surface area (Å²) in [6.07, 6.45) is 2.96. The molecule has 9 nitrogen and oxygen atoms in total. The van der Waals surface area contributed by atoms with Crippen molar-refractivity contribution >= 4 is 35.0 Å². The number of phenols is 1. The number of hydrogen-bond donors (Lipinski definition) is 5. The molecule has 6 N–H and O–H groups in total. The zero-order chi connectivity index (χ0) is 22.0. The molecule has 0 atom stereocenters. The van der Waals surface area contributed by atoms with Gasteiger partial charge in [0.1, 0.15) is 11.6 Å². The van der Waals surface area contributed by atoms with Gasteiger partial charge in [0.2, 0.25) is 11.9 Å². The highest BCUT2D eigenvalue weighted by Crippen LogP contribution is 2.30. The van der Waals surface area contributed by atoms with Gasteiger partial charge in [-0.25, -0.2) is 4.98 Å². The van der Waals surface area contributed by atoms with Crippen molar-refractivity contribution in [3.8, 4) is 5.75 Å². The van der Waals surface area contributed by atoms with Gasteiger partial charge < -0.3 is 26.8 Å². The summed E-state index contributed by atoms with van der Waals surface area (Å²) < 4.78 is 0. The predicted molar refractivity (Wildman–Crippen MR) is 118 cm³/mol. The summed E-state index contributed by atoms with van der Waals surface area (Å²) in [6.45, 7) is 1.39. The lowest BCUT2D eigenvalue weighted by Crippen LogP contribution is -2.24. The standard InChI is InChI=1S/C22H22N6O3/c1-12(29)25-15-6-7-19(30)18(10-15)27-22-24-11-17(20(23)31)21(28-22)26-16-8-13-4-2-3-5-14(13)9-16/h2-7,10-11,16,30H,8-9H2,1H3,(H2,23,31)(H,25,29)(H2,24,26,27,28). The maximum absolute atomic E-state index is 11.9. The van der Waals surface area contributed by atoms with Gasteiger partial charge in [-0.2, -0.15) is 4.98 Å². The summed E-state index contributed by atoms with van der Waals surface area (Å²) in [5.41, 5.74) is 9.01. The zero-order valence-electron chi connectivity index (χ0n) is 16.8. The van der Waals surface area contributed by atoms with E-state index in [1.165, 1.54) is 30.3 Å². The number of nitrogens with one attached hydrogen (secondary N) is 3. The monoisotopic (exact) mass is 418 g/mol.